The van der Waals surface area contributed by atoms with Gasteiger partial charge in [0.1, 0.15) is 0 Å². The first kappa shape index (κ1) is 13.8. The monoisotopic (exact) mass is 254 g/mol. The maximum Gasteiger partial charge on any atom is 0.303 e. The Labute approximate surface area is 110 Å². The molecule has 2 aliphatic rings. The second kappa shape index (κ2) is 6.53. The van der Waals surface area contributed by atoms with Crippen LogP contribution in [0.2, 0.25) is 0 Å². The van der Waals surface area contributed by atoms with Crippen molar-refractivity contribution in [3.8, 4) is 0 Å². The Morgan fingerprint density at radius 1 is 1.33 bits per heavy atom. The van der Waals surface area contributed by atoms with Gasteiger partial charge < -0.3 is 15.3 Å². The van der Waals surface area contributed by atoms with E-state index in [1.807, 2.05) is 0 Å². The molecule has 18 heavy (non-hydrogen) atoms. The van der Waals surface area contributed by atoms with Crippen LogP contribution in [0.15, 0.2) is 0 Å². The van der Waals surface area contributed by atoms with E-state index in [0.717, 1.165) is 38.4 Å². The van der Waals surface area contributed by atoms with Crippen molar-refractivity contribution in [1.29, 1.82) is 0 Å². The molecule has 0 aromatic rings. The number of carbonyl (C=O) groups is 1. The molecule has 1 saturated heterocycles. The van der Waals surface area contributed by atoms with Crippen molar-refractivity contribution in [2.24, 2.45) is 11.8 Å². The van der Waals surface area contributed by atoms with Crippen molar-refractivity contribution in [2.75, 3.05) is 26.2 Å². The van der Waals surface area contributed by atoms with E-state index in [2.05, 4.69) is 17.1 Å². The Morgan fingerprint density at radius 3 is 2.72 bits per heavy atom. The van der Waals surface area contributed by atoms with Crippen LogP contribution in [0, 0.1) is 11.8 Å². The number of aliphatic carboxylic acids is 1. The number of nitrogens with one attached hydrogen (secondary N) is 1. The molecular formula is C14H26N2O2. The smallest absolute Gasteiger partial charge is 0.303 e. The molecule has 2 unspecified atom stereocenters. The highest BCUT2D eigenvalue weighted by molar-refractivity contribution is 5.67. The van der Waals surface area contributed by atoms with E-state index in [0.29, 0.717) is 18.4 Å². The number of nitrogens with zero attached hydrogens (tertiary/aromatic N) is 1. The van der Waals surface area contributed by atoms with E-state index < -0.39 is 5.97 Å². The second-order valence-corrected chi connectivity index (χ2v) is 6.01. The summed E-state index contributed by atoms with van der Waals surface area (Å²) in [6, 6.07) is 0.488. The zero-order valence-electron chi connectivity index (χ0n) is 11.4. The average molecular weight is 254 g/mol. The lowest BCUT2D eigenvalue weighted by Gasteiger charge is -2.38. The summed E-state index contributed by atoms with van der Waals surface area (Å²) in [5.41, 5.74) is 0. The summed E-state index contributed by atoms with van der Waals surface area (Å²) < 4.78 is 0. The topological polar surface area (TPSA) is 52.6 Å². The molecule has 4 heteroatoms. The third-order valence-electron chi connectivity index (χ3n) is 3.97. The molecule has 1 heterocycles. The molecule has 1 aliphatic carbocycles. The van der Waals surface area contributed by atoms with Gasteiger partial charge in [-0.05, 0) is 44.1 Å². The number of hydrogen-bond acceptors (Lipinski definition) is 3. The first-order valence-electron chi connectivity index (χ1n) is 7.35. The van der Waals surface area contributed by atoms with Crippen LogP contribution in [0.1, 0.15) is 39.0 Å². The number of rotatable bonds is 7. The van der Waals surface area contributed by atoms with Crippen LogP contribution in [0.5, 0.6) is 0 Å². The van der Waals surface area contributed by atoms with Gasteiger partial charge in [-0.25, -0.2) is 0 Å². The predicted octanol–water partition coefficient (Wildman–Crippen LogP) is 1.56. The van der Waals surface area contributed by atoms with Gasteiger partial charge in [-0.1, -0.05) is 6.92 Å². The summed E-state index contributed by atoms with van der Waals surface area (Å²) in [4.78, 5) is 13.4. The van der Waals surface area contributed by atoms with Gasteiger partial charge in [0.25, 0.3) is 0 Å². The molecule has 0 bridgehead atoms. The van der Waals surface area contributed by atoms with Crippen LogP contribution in [0.3, 0.4) is 0 Å². The summed E-state index contributed by atoms with van der Waals surface area (Å²) in [7, 11) is 0. The van der Waals surface area contributed by atoms with E-state index in [9.17, 15) is 4.79 Å². The fourth-order valence-corrected chi connectivity index (χ4v) is 3.01. The normalized spacial score (nSPS) is 29.4. The van der Waals surface area contributed by atoms with Crippen LogP contribution in [0.25, 0.3) is 0 Å². The first-order chi connectivity index (χ1) is 8.67. The van der Waals surface area contributed by atoms with Crippen LogP contribution in [-0.2, 0) is 4.79 Å². The Morgan fingerprint density at radius 2 is 2.11 bits per heavy atom. The minimum Gasteiger partial charge on any atom is -0.481 e. The zero-order valence-corrected chi connectivity index (χ0v) is 11.4. The zero-order chi connectivity index (χ0) is 13.0. The number of hydrogen-bond donors (Lipinski definition) is 2. The van der Waals surface area contributed by atoms with Gasteiger partial charge in [0.15, 0.2) is 0 Å². The Balaban J connectivity index is 1.84. The predicted molar refractivity (Wildman–Crippen MR) is 71.6 cm³/mol. The van der Waals surface area contributed by atoms with Crippen LogP contribution in [-0.4, -0.2) is 48.2 Å². The molecule has 2 atom stereocenters. The summed E-state index contributed by atoms with van der Waals surface area (Å²) in [6.07, 6.45) is 5.22. The Bertz CT molecular complexity index is 279. The Kier molecular flexibility index (Phi) is 5.01. The molecule has 0 amide bonds. The molecule has 2 N–H and O–H groups in total. The number of likely N-dealkylation sites (tertiary alicyclic amines) is 1. The molecule has 104 valence electrons. The molecule has 0 aromatic heterocycles. The van der Waals surface area contributed by atoms with Crippen LogP contribution < -0.4 is 5.32 Å². The lowest BCUT2D eigenvalue weighted by Crippen LogP contribution is -2.50. The fraction of sp³-hybridized carbons (Fsp3) is 0.929. The van der Waals surface area contributed by atoms with E-state index in [4.69, 9.17) is 5.11 Å². The van der Waals surface area contributed by atoms with Crippen molar-refractivity contribution in [3.63, 3.8) is 0 Å². The van der Waals surface area contributed by atoms with Gasteiger partial charge in [-0.2, -0.15) is 0 Å². The molecule has 1 aliphatic heterocycles. The van der Waals surface area contributed by atoms with Crippen molar-refractivity contribution in [2.45, 2.75) is 45.1 Å². The minimum absolute atomic E-state index is 0.323. The van der Waals surface area contributed by atoms with Crippen molar-refractivity contribution >= 4 is 5.97 Å². The molecular weight excluding hydrogens is 228 g/mol. The van der Waals surface area contributed by atoms with Crippen LogP contribution in [0.4, 0.5) is 0 Å². The van der Waals surface area contributed by atoms with Gasteiger partial charge in [0.05, 0.1) is 0 Å². The third-order valence-corrected chi connectivity index (χ3v) is 3.97. The Hall–Kier alpha value is -0.610. The molecule has 2 fully saturated rings. The van der Waals surface area contributed by atoms with E-state index in [-0.39, 0.29) is 0 Å². The maximum atomic E-state index is 10.9. The first-order valence-corrected chi connectivity index (χ1v) is 7.35. The van der Waals surface area contributed by atoms with Gasteiger partial charge in [-0.15, -0.1) is 0 Å². The quantitative estimate of drug-likeness (QED) is 0.724. The van der Waals surface area contributed by atoms with E-state index in [1.165, 1.54) is 19.4 Å². The molecule has 2 rings (SSSR count). The van der Waals surface area contributed by atoms with Gasteiger partial charge in [0.2, 0.25) is 0 Å². The third kappa shape index (κ3) is 4.58. The summed E-state index contributed by atoms with van der Waals surface area (Å²) >= 11 is 0. The largest absolute Gasteiger partial charge is 0.481 e. The summed E-state index contributed by atoms with van der Waals surface area (Å²) in [5, 5.41) is 12.5. The highest BCUT2D eigenvalue weighted by Crippen LogP contribution is 2.31. The molecule has 1 saturated carbocycles. The van der Waals surface area contributed by atoms with Crippen molar-refractivity contribution in [1.82, 2.24) is 10.2 Å². The maximum absolute atomic E-state index is 10.9. The number of carboxylic acid groups (broad SMARTS) is 1. The van der Waals surface area contributed by atoms with Gasteiger partial charge in [0, 0.05) is 32.1 Å². The second-order valence-electron chi connectivity index (χ2n) is 6.01. The highest BCUT2D eigenvalue weighted by atomic mass is 16.4. The summed E-state index contributed by atoms with van der Waals surface area (Å²) in [5.74, 6) is 0.562. The van der Waals surface area contributed by atoms with Gasteiger partial charge in [-0.3, -0.25) is 4.79 Å². The number of piperidine rings is 1. The minimum atomic E-state index is -0.650. The number of carboxylic acids is 1. The molecule has 4 nitrogen and oxygen atoms in total. The van der Waals surface area contributed by atoms with Gasteiger partial charge >= 0.3 is 5.97 Å². The SMILES string of the molecule is CCCNC1CC(CC(=O)O)CN(CC2CC2)C1. The highest BCUT2D eigenvalue weighted by Gasteiger charge is 2.31. The molecule has 0 spiro atoms. The molecule has 0 radical (unpaired) electrons. The fourth-order valence-electron chi connectivity index (χ4n) is 3.01. The lowest BCUT2D eigenvalue weighted by atomic mass is 9.91. The van der Waals surface area contributed by atoms with Crippen LogP contribution >= 0.6 is 0 Å². The average Bonchev–Trinajstić information content (AvgIpc) is 3.09. The van der Waals surface area contributed by atoms with E-state index in [1.54, 1.807) is 0 Å². The van der Waals surface area contributed by atoms with Crippen molar-refractivity contribution in [3.05, 3.63) is 0 Å². The molecule has 0 aromatic carbocycles. The standard InChI is InChI=1S/C14H26N2O2/c1-2-5-15-13-6-12(7-14(17)18)9-16(10-13)8-11-3-4-11/h11-13,15H,2-10H2,1H3,(H,17,18). The van der Waals surface area contributed by atoms with E-state index >= 15 is 0 Å². The van der Waals surface area contributed by atoms with Crippen molar-refractivity contribution < 1.29 is 9.90 Å². The lowest BCUT2D eigenvalue weighted by molar-refractivity contribution is -0.138. The summed E-state index contributed by atoms with van der Waals surface area (Å²) in [6.45, 7) is 6.48.